The van der Waals surface area contributed by atoms with Gasteiger partial charge in [-0.3, -0.25) is 0 Å². The van der Waals surface area contributed by atoms with E-state index in [-0.39, 0.29) is 18.3 Å². The van der Waals surface area contributed by atoms with Crippen LogP contribution in [0.2, 0.25) is 0 Å². The molecule has 0 fully saturated rings. The predicted molar refractivity (Wildman–Crippen MR) is 231 cm³/mol. The highest BCUT2D eigenvalue weighted by molar-refractivity contribution is 5.68. The maximum absolute atomic E-state index is 12.9. The molecule has 11 nitrogen and oxygen atoms in total. The summed E-state index contributed by atoms with van der Waals surface area (Å²) in [5.41, 5.74) is -1.65. The van der Waals surface area contributed by atoms with Gasteiger partial charge in [-0.15, -0.1) is 0 Å². The van der Waals surface area contributed by atoms with Crippen LogP contribution >= 0.6 is 0 Å². The molecule has 0 aliphatic carbocycles. The highest BCUT2D eigenvalue weighted by Crippen LogP contribution is 2.16. The molecule has 0 bridgehead atoms. The van der Waals surface area contributed by atoms with E-state index >= 15 is 0 Å². The molecule has 11 heteroatoms. The van der Waals surface area contributed by atoms with Gasteiger partial charge >= 0.3 is 18.3 Å². The Balaban J connectivity index is 4.63. The van der Waals surface area contributed by atoms with Crippen molar-refractivity contribution in [2.45, 2.75) is 227 Å². The summed E-state index contributed by atoms with van der Waals surface area (Å²) in [6, 6.07) is 0. The van der Waals surface area contributed by atoms with Gasteiger partial charge in [0.2, 0.25) is 0 Å². The molecule has 3 amide bonds. The molecule has 56 heavy (non-hydrogen) atoms. The highest BCUT2D eigenvalue weighted by atomic mass is 16.6. The molecule has 1 unspecified atom stereocenters. The zero-order chi connectivity index (χ0) is 42.3. The van der Waals surface area contributed by atoms with Gasteiger partial charge in [0.1, 0.15) is 16.8 Å². The van der Waals surface area contributed by atoms with Crippen LogP contribution in [-0.2, 0) is 14.2 Å². The fraction of sp³-hybridized carbons (Fsp3) is 0.933. The van der Waals surface area contributed by atoms with Crippen molar-refractivity contribution in [1.82, 2.24) is 20.4 Å². The van der Waals surface area contributed by atoms with Crippen LogP contribution in [0.1, 0.15) is 204 Å². The third-order valence-electron chi connectivity index (χ3n) is 9.26. The average Bonchev–Trinajstić information content (AvgIpc) is 3.06. The second-order valence-corrected chi connectivity index (χ2v) is 18.8. The van der Waals surface area contributed by atoms with E-state index < -0.39 is 22.9 Å². The zero-order valence-electron chi connectivity index (χ0n) is 38.2. The van der Waals surface area contributed by atoms with Crippen LogP contribution in [0, 0.1) is 0 Å². The Morgan fingerprint density at radius 3 is 1.30 bits per heavy atom. The van der Waals surface area contributed by atoms with Crippen molar-refractivity contribution in [2.24, 2.45) is 0 Å². The second-order valence-electron chi connectivity index (χ2n) is 18.8. The summed E-state index contributed by atoms with van der Waals surface area (Å²) in [7, 11) is 0. The van der Waals surface area contributed by atoms with Crippen LogP contribution in [-0.4, -0.2) is 102 Å². The maximum Gasteiger partial charge on any atom is 0.410 e. The first-order chi connectivity index (χ1) is 26.3. The van der Waals surface area contributed by atoms with E-state index in [2.05, 4.69) is 22.5 Å². The summed E-state index contributed by atoms with van der Waals surface area (Å²) in [5, 5.41) is 16.6. The van der Waals surface area contributed by atoms with Crippen molar-refractivity contribution in [1.29, 1.82) is 0 Å². The summed E-state index contributed by atoms with van der Waals surface area (Å²) in [4.78, 5) is 41.1. The van der Waals surface area contributed by atoms with Crippen molar-refractivity contribution >= 4 is 18.3 Å². The van der Waals surface area contributed by atoms with Gasteiger partial charge in [-0.2, -0.15) is 0 Å². The van der Waals surface area contributed by atoms with Gasteiger partial charge in [0.15, 0.2) is 0 Å². The number of amides is 3. The Kier molecular flexibility index (Phi) is 30.4. The Bertz CT molecular complexity index is 990. The van der Waals surface area contributed by atoms with E-state index in [1.165, 1.54) is 70.6 Å². The molecule has 0 aromatic carbocycles. The van der Waals surface area contributed by atoms with Gasteiger partial charge in [0.05, 0.1) is 6.10 Å². The third kappa shape index (κ3) is 37.3. The molecular weight excluding hydrogens is 709 g/mol. The number of carbonyl (C=O) groups is 3. The molecule has 3 N–H and O–H groups in total. The number of ether oxygens (including phenoxy) is 3. The van der Waals surface area contributed by atoms with Gasteiger partial charge in [-0.05, 0) is 108 Å². The minimum absolute atomic E-state index is 0.322. The second kappa shape index (κ2) is 31.7. The summed E-state index contributed by atoms with van der Waals surface area (Å²) in [5.74, 6) is 0. The molecule has 0 aliphatic rings. The van der Waals surface area contributed by atoms with Crippen molar-refractivity contribution < 1.29 is 33.7 Å². The van der Waals surface area contributed by atoms with E-state index in [1.54, 1.807) is 4.90 Å². The summed E-state index contributed by atoms with van der Waals surface area (Å²) < 4.78 is 16.3. The molecular formula is C45H90N4O7. The first-order valence-corrected chi connectivity index (χ1v) is 22.6. The molecule has 0 saturated carbocycles. The van der Waals surface area contributed by atoms with Gasteiger partial charge in [0.25, 0.3) is 0 Å². The van der Waals surface area contributed by atoms with Crippen LogP contribution < -0.4 is 10.6 Å². The van der Waals surface area contributed by atoms with Crippen molar-refractivity contribution in [3.63, 3.8) is 0 Å². The predicted octanol–water partition coefficient (Wildman–Crippen LogP) is 11.1. The number of hydrogen-bond acceptors (Lipinski definition) is 8. The number of carbonyl (C=O) groups excluding carboxylic acids is 3. The lowest BCUT2D eigenvalue weighted by atomic mass is 10.0. The molecule has 0 aromatic heterocycles. The van der Waals surface area contributed by atoms with Crippen LogP contribution in [0.25, 0.3) is 0 Å². The lowest BCUT2D eigenvalue weighted by Gasteiger charge is -2.27. The SMILES string of the molecule is CCCCCCCCCCCCCCC(O)CN(CCCCCCCCN(CCCNC(=O)OC(C)(C)C)C(=O)OC(C)(C)C)CCCNC(=O)OC(C)(C)C. The highest BCUT2D eigenvalue weighted by Gasteiger charge is 2.22. The Hall–Kier alpha value is -2.27. The number of unbranched alkanes of at least 4 members (excludes halogenated alkanes) is 16. The van der Waals surface area contributed by atoms with E-state index in [0.717, 1.165) is 70.9 Å². The number of alkyl carbamates (subject to hydrolysis) is 2. The fourth-order valence-corrected chi connectivity index (χ4v) is 6.45. The number of nitrogens with one attached hydrogen (secondary N) is 2. The monoisotopic (exact) mass is 799 g/mol. The normalized spacial score (nSPS) is 12.7. The van der Waals surface area contributed by atoms with Gasteiger partial charge in [-0.25, -0.2) is 14.4 Å². The summed E-state index contributed by atoms with van der Waals surface area (Å²) in [6.45, 7) is 23.4. The molecule has 0 aliphatic heterocycles. The number of rotatable bonds is 32. The van der Waals surface area contributed by atoms with E-state index in [0.29, 0.717) is 39.1 Å². The van der Waals surface area contributed by atoms with Crippen molar-refractivity contribution in [2.75, 3.05) is 45.8 Å². The van der Waals surface area contributed by atoms with Crippen LogP contribution in [0.5, 0.6) is 0 Å². The van der Waals surface area contributed by atoms with Gasteiger partial charge in [-0.1, -0.05) is 110 Å². The smallest absolute Gasteiger partial charge is 0.410 e. The number of nitrogens with zero attached hydrogens (tertiary/aromatic N) is 2. The Labute approximate surface area is 344 Å². The van der Waals surface area contributed by atoms with E-state index in [4.69, 9.17) is 14.2 Å². The van der Waals surface area contributed by atoms with E-state index in [1.807, 2.05) is 62.3 Å². The number of aliphatic hydroxyl groups excluding tert-OH is 1. The van der Waals surface area contributed by atoms with Crippen molar-refractivity contribution in [3.05, 3.63) is 0 Å². The molecule has 0 rings (SSSR count). The van der Waals surface area contributed by atoms with Gasteiger partial charge < -0.3 is 39.8 Å². The van der Waals surface area contributed by atoms with Crippen LogP contribution in [0.3, 0.4) is 0 Å². The summed E-state index contributed by atoms with van der Waals surface area (Å²) >= 11 is 0. The summed E-state index contributed by atoms with van der Waals surface area (Å²) in [6.07, 6.45) is 22.8. The molecule has 0 spiro atoms. The van der Waals surface area contributed by atoms with Gasteiger partial charge in [0, 0.05) is 32.7 Å². The molecule has 0 aromatic rings. The first-order valence-electron chi connectivity index (χ1n) is 22.6. The van der Waals surface area contributed by atoms with Crippen LogP contribution in [0.4, 0.5) is 14.4 Å². The zero-order valence-corrected chi connectivity index (χ0v) is 38.2. The Morgan fingerprint density at radius 2 is 0.857 bits per heavy atom. The fourth-order valence-electron chi connectivity index (χ4n) is 6.45. The third-order valence-corrected chi connectivity index (χ3v) is 9.26. The molecule has 332 valence electrons. The molecule has 0 heterocycles. The molecule has 0 saturated heterocycles. The number of aliphatic hydroxyl groups is 1. The largest absolute Gasteiger partial charge is 0.444 e. The maximum atomic E-state index is 12.9. The Morgan fingerprint density at radius 1 is 0.500 bits per heavy atom. The first kappa shape index (κ1) is 53.7. The quantitative estimate of drug-likeness (QED) is 0.0453. The number of hydrogen-bond donors (Lipinski definition) is 3. The lowest BCUT2D eigenvalue weighted by Crippen LogP contribution is -2.39. The minimum Gasteiger partial charge on any atom is -0.444 e. The average molecular weight is 799 g/mol. The standard InChI is InChI=1S/C45H90N4O7/c1-11-12-13-14-15-16-17-18-19-20-23-26-31-39(50)38-48(35-29-32-46-40(51)54-43(2,3)4)34-27-24-21-22-25-28-36-49(42(53)56-45(8,9)10)37-30-33-47-41(52)55-44(5,6)7/h39,50H,11-38H2,1-10H3,(H,46,51)(H,47,52). The van der Waals surface area contributed by atoms with Crippen LogP contribution in [0.15, 0.2) is 0 Å². The minimum atomic E-state index is -0.574. The van der Waals surface area contributed by atoms with Crippen molar-refractivity contribution in [3.8, 4) is 0 Å². The lowest BCUT2D eigenvalue weighted by molar-refractivity contribution is 0.0244. The molecule has 1 atom stereocenters. The van der Waals surface area contributed by atoms with E-state index in [9.17, 15) is 19.5 Å². The topological polar surface area (TPSA) is 130 Å². The molecule has 0 radical (unpaired) electrons.